The number of hydrogen-bond acceptors (Lipinski definition) is 4. The first kappa shape index (κ1) is 16.0. The van der Waals surface area contributed by atoms with Gasteiger partial charge in [0.15, 0.2) is 5.13 Å². The van der Waals surface area contributed by atoms with E-state index in [0.717, 1.165) is 24.0 Å². The van der Waals surface area contributed by atoms with E-state index in [1.54, 1.807) is 6.92 Å². The van der Waals surface area contributed by atoms with Crippen LogP contribution in [0.5, 0.6) is 0 Å². The lowest BCUT2D eigenvalue weighted by Crippen LogP contribution is -2.01. The molecule has 0 saturated heterocycles. The lowest BCUT2D eigenvalue weighted by molar-refractivity contribution is 0.0701. The van der Waals surface area contributed by atoms with Crippen molar-refractivity contribution in [2.45, 2.75) is 52.9 Å². The second-order valence-corrected chi connectivity index (χ2v) is 6.26. The summed E-state index contributed by atoms with van der Waals surface area (Å²) in [6.45, 7) is 7.11. The molecule has 0 atom stereocenters. The largest absolute Gasteiger partial charge is 0.477 e. The van der Waals surface area contributed by atoms with Gasteiger partial charge in [0.1, 0.15) is 4.88 Å². The number of anilines is 1. The SMILES string of the molecule is Cc1nc(NCCCCCCC(C)C)sc1C(=O)O. The van der Waals surface area contributed by atoms with Gasteiger partial charge >= 0.3 is 5.97 Å². The van der Waals surface area contributed by atoms with E-state index in [0.29, 0.717) is 10.6 Å². The van der Waals surface area contributed by atoms with Crippen LogP contribution in [-0.4, -0.2) is 22.6 Å². The average molecular weight is 284 g/mol. The third kappa shape index (κ3) is 6.05. The molecule has 0 unspecified atom stereocenters. The van der Waals surface area contributed by atoms with Gasteiger partial charge in [0.2, 0.25) is 0 Å². The topological polar surface area (TPSA) is 62.2 Å². The Balaban J connectivity index is 2.16. The Hall–Kier alpha value is -1.10. The monoisotopic (exact) mass is 284 g/mol. The zero-order chi connectivity index (χ0) is 14.3. The lowest BCUT2D eigenvalue weighted by Gasteiger charge is -2.04. The Labute approximate surface area is 119 Å². The average Bonchev–Trinajstić information content (AvgIpc) is 2.69. The number of carbonyl (C=O) groups is 1. The normalized spacial score (nSPS) is 10.9. The van der Waals surface area contributed by atoms with Crippen molar-refractivity contribution < 1.29 is 9.90 Å². The predicted octanol–water partition coefficient (Wildman–Crippen LogP) is 4.17. The van der Waals surface area contributed by atoms with Gasteiger partial charge in [-0.3, -0.25) is 0 Å². The van der Waals surface area contributed by atoms with E-state index in [1.807, 2.05) is 0 Å². The number of carboxylic acids is 1. The van der Waals surface area contributed by atoms with Crippen molar-refractivity contribution in [2.75, 3.05) is 11.9 Å². The van der Waals surface area contributed by atoms with Crippen molar-refractivity contribution in [1.82, 2.24) is 4.98 Å². The van der Waals surface area contributed by atoms with Gasteiger partial charge in [-0.25, -0.2) is 9.78 Å². The first-order valence-corrected chi connectivity index (χ1v) is 7.77. The van der Waals surface area contributed by atoms with Crippen LogP contribution in [0.15, 0.2) is 0 Å². The number of hydrogen-bond donors (Lipinski definition) is 2. The fourth-order valence-electron chi connectivity index (χ4n) is 1.90. The Morgan fingerprint density at radius 1 is 1.32 bits per heavy atom. The summed E-state index contributed by atoms with van der Waals surface area (Å²) < 4.78 is 0. The van der Waals surface area contributed by atoms with Crippen LogP contribution >= 0.6 is 11.3 Å². The molecule has 0 fully saturated rings. The fraction of sp³-hybridized carbons (Fsp3) is 0.714. The number of aryl methyl sites for hydroxylation is 1. The summed E-state index contributed by atoms with van der Waals surface area (Å²) in [5.74, 6) is -0.0948. The molecule has 0 saturated carbocycles. The van der Waals surface area contributed by atoms with E-state index in [2.05, 4.69) is 24.1 Å². The number of unbranched alkanes of at least 4 members (excludes halogenated alkanes) is 3. The number of carboxylic acid groups (broad SMARTS) is 1. The molecule has 1 aromatic heterocycles. The second-order valence-electron chi connectivity index (χ2n) is 5.26. The lowest BCUT2D eigenvalue weighted by atomic mass is 10.0. The highest BCUT2D eigenvalue weighted by Crippen LogP contribution is 2.22. The second kappa shape index (κ2) is 8.15. The van der Waals surface area contributed by atoms with Gasteiger partial charge in [0, 0.05) is 6.54 Å². The van der Waals surface area contributed by atoms with E-state index in [1.165, 1.54) is 37.0 Å². The summed E-state index contributed by atoms with van der Waals surface area (Å²) in [5.41, 5.74) is 0.594. The van der Waals surface area contributed by atoms with E-state index in [-0.39, 0.29) is 0 Å². The highest BCUT2D eigenvalue weighted by atomic mass is 32.1. The van der Waals surface area contributed by atoms with Gasteiger partial charge < -0.3 is 10.4 Å². The van der Waals surface area contributed by atoms with Crippen molar-refractivity contribution in [1.29, 1.82) is 0 Å². The molecule has 2 N–H and O–H groups in total. The van der Waals surface area contributed by atoms with Crippen LogP contribution in [0.4, 0.5) is 5.13 Å². The molecule has 1 heterocycles. The maximum Gasteiger partial charge on any atom is 0.347 e. The van der Waals surface area contributed by atoms with Gasteiger partial charge in [-0.2, -0.15) is 0 Å². The summed E-state index contributed by atoms with van der Waals surface area (Å²) in [4.78, 5) is 15.4. The quantitative estimate of drug-likeness (QED) is 0.668. The minimum Gasteiger partial charge on any atom is -0.477 e. The minimum atomic E-state index is -0.892. The van der Waals surface area contributed by atoms with E-state index in [4.69, 9.17) is 5.11 Å². The molecule has 19 heavy (non-hydrogen) atoms. The number of aromatic nitrogens is 1. The highest BCUT2D eigenvalue weighted by Gasteiger charge is 2.13. The molecule has 0 radical (unpaired) electrons. The van der Waals surface area contributed by atoms with Crippen LogP contribution in [0.1, 0.15) is 61.3 Å². The van der Waals surface area contributed by atoms with Crippen LogP contribution in [0.2, 0.25) is 0 Å². The standard InChI is InChI=1S/C14H24N2O2S/c1-10(2)8-6-4-5-7-9-15-14-16-11(3)12(19-14)13(17)18/h10H,4-9H2,1-3H3,(H,15,16)(H,17,18). The van der Waals surface area contributed by atoms with E-state index in [9.17, 15) is 4.79 Å². The molecule has 0 bridgehead atoms. The molecule has 0 aliphatic carbocycles. The molecule has 0 spiro atoms. The van der Waals surface area contributed by atoms with Crippen molar-refractivity contribution in [3.8, 4) is 0 Å². The summed E-state index contributed by atoms with van der Waals surface area (Å²) in [6, 6.07) is 0. The molecule has 0 aliphatic rings. The summed E-state index contributed by atoms with van der Waals surface area (Å²) in [6.07, 6.45) is 6.21. The maximum absolute atomic E-state index is 10.9. The van der Waals surface area contributed by atoms with Crippen molar-refractivity contribution in [3.05, 3.63) is 10.6 Å². The maximum atomic E-state index is 10.9. The van der Waals surface area contributed by atoms with Crippen molar-refractivity contribution >= 4 is 22.4 Å². The highest BCUT2D eigenvalue weighted by molar-refractivity contribution is 7.17. The molecule has 1 rings (SSSR count). The van der Waals surface area contributed by atoms with Crippen molar-refractivity contribution in [3.63, 3.8) is 0 Å². The minimum absolute atomic E-state index is 0.333. The smallest absolute Gasteiger partial charge is 0.347 e. The van der Waals surface area contributed by atoms with Crippen LogP contribution in [0, 0.1) is 12.8 Å². The molecule has 4 nitrogen and oxygen atoms in total. The first-order valence-electron chi connectivity index (χ1n) is 6.95. The molecule has 0 amide bonds. The van der Waals surface area contributed by atoms with Crippen molar-refractivity contribution in [2.24, 2.45) is 5.92 Å². The molecular weight excluding hydrogens is 260 g/mol. The molecule has 108 valence electrons. The van der Waals surface area contributed by atoms with Gasteiger partial charge in [0.05, 0.1) is 5.69 Å². The Morgan fingerprint density at radius 3 is 2.58 bits per heavy atom. The third-order valence-electron chi connectivity index (χ3n) is 2.98. The summed E-state index contributed by atoms with van der Waals surface area (Å²) in [7, 11) is 0. The van der Waals surface area contributed by atoms with E-state index >= 15 is 0 Å². The van der Waals surface area contributed by atoms with Gasteiger partial charge in [-0.1, -0.05) is 50.9 Å². The number of rotatable bonds is 9. The zero-order valence-corrected chi connectivity index (χ0v) is 12.8. The molecule has 1 aromatic rings. The Bertz CT molecular complexity index is 402. The molecule has 5 heteroatoms. The zero-order valence-electron chi connectivity index (χ0n) is 12.0. The van der Waals surface area contributed by atoms with Gasteiger partial charge in [-0.15, -0.1) is 0 Å². The number of nitrogens with zero attached hydrogens (tertiary/aromatic N) is 1. The third-order valence-corrected chi connectivity index (χ3v) is 4.08. The van der Waals surface area contributed by atoms with Crippen LogP contribution in [-0.2, 0) is 0 Å². The van der Waals surface area contributed by atoms with E-state index < -0.39 is 5.97 Å². The van der Waals surface area contributed by atoms with Crippen LogP contribution in [0.25, 0.3) is 0 Å². The first-order chi connectivity index (χ1) is 9.00. The number of aromatic carboxylic acids is 1. The van der Waals surface area contributed by atoms with Crippen LogP contribution < -0.4 is 5.32 Å². The van der Waals surface area contributed by atoms with Crippen LogP contribution in [0.3, 0.4) is 0 Å². The molecule has 0 aromatic carbocycles. The number of nitrogens with one attached hydrogen (secondary N) is 1. The Kier molecular flexibility index (Phi) is 6.84. The number of thiazole rings is 1. The van der Waals surface area contributed by atoms with Gasteiger partial charge in [-0.05, 0) is 19.3 Å². The van der Waals surface area contributed by atoms with Gasteiger partial charge in [0.25, 0.3) is 0 Å². The molecule has 0 aliphatic heterocycles. The fourth-order valence-corrected chi connectivity index (χ4v) is 2.73. The summed E-state index contributed by atoms with van der Waals surface area (Å²) >= 11 is 1.22. The molecular formula is C14H24N2O2S. The predicted molar refractivity (Wildman–Crippen MR) is 80.2 cm³/mol. The Morgan fingerprint density at radius 2 is 2.00 bits per heavy atom. The summed E-state index contributed by atoms with van der Waals surface area (Å²) in [5, 5.41) is 12.9.